The van der Waals surface area contributed by atoms with Gasteiger partial charge in [0.15, 0.2) is 6.61 Å². The van der Waals surface area contributed by atoms with Crippen LogP contribution < -0.4 is 4.74 Å². The molecular formula is C17H19NO4. The van der Waals surface area contributed by atoms with Gasteiger partial charge in [-0.25, -0.2) is 0 Å². The monoisotopic (exact) mass is 301 g/mol. The summed E-state index contributed by atoms with van der Waals surface area (Å²) in [5.41, 5.74) is 0. The highest BCUT2D eigenvalue weighted by Crippen LogP contribution is 2.25. The van der Waals surface area contributed by atoms with Crippen molar-refractivity contribution in [3.8, 4) is 5.75 Å². The quantitative estimate of drug-likeness (QED) is 0.853. The number of carboxylic acids is 1. The molecule has 0 aromatic heterocycles. The molecule has 0 saturated carbocycles. The summed E-state index contributed by atoms with van der Waals surface area (Å²) in [5.74, 6) is -0.720. The molecule has 0 bridgehead atoms. The summed E-state index contributed by atoms with van der Waals surface area (Å²) in [6.07, 6.45) is 0.702. The maximum atomic E-state index is 12.1. The zero-order chi connectivity index (χ0) is 15.9. The zero-order valence-electron chi connectivity index (χ0n) is 12.5. The maximum Gasteiger partial charge on any atom is 0.323 e. The molecule has 22 heavy (non-hydrogen) atoms. The minimum Gasteiger partial charge on any atom is -0.483 e. The Hall–Kier alpha value is -2.56. The first-order chi connectivity index (χ1) is 10.6. The largest absolute Gasteiger partial charge is 0.483 e. The molecule has 2 rings (SSSR count). The van der Waals surface area contributed by atoms with Gasteiger partial charge in [-0.1, -0.05) is 43.3 Å². The molecule has 0 unspecified atom stereocenters. The van der Waals surface area contributed by atoms with Crippen molar-refractivity contribution < 1.29 is 19.4 Å². The number of carbonyl (C=O) groups excluding carboxylic acids is 1. The van der Waals surface area contributed by atoms with E-state index in [1.54, 1.807) is 6.07 Å². The van der Waals surface area contributed by atoms with Crippen LogP contribution in [-0.2, 0) is 9.59 Å². The standard InChI is InChI=1S/C17H19NO4/c1-2-10-18(11-17(20)21)16(19)12-22-15-9-5-7-13-6-3-4-8-14(13)15/h3-9H,2,10-12H2,1H3,(H,20,21). The Labute approximate surface area is 129 Å². The van der Waals surface area contributed by atoms with Crippen LogP contribution in [0, 0.1) is 0 Å². The number of hydrogen-bond acceptors (Lipinski definition) is 3. The summed E-state index contributed by atoms with van der Waals surface area (Å²) in [6.45, 7) is 1.84. The van der Waals surface area contributed by atoms with Crippen LogP contribution in [0.5, 0.6) is 5.75 Å². The van der Waals surface area contributed by atoms with Gasteiger partial charge in [-0.05, 0) is 17.9 Å². The van der Waals surface area contributed by atoms with E-state index in [4.69, 9.17) is 9.84 Å². The molecule has 0 aliphatic rings. The number of carboxylic acid groups (broad SMARTS) is 1. The van der Waals surface area contributed by atoms with Crippen molar-refractivity contribution in [1.82, 2.24) is 4.90 Å². The summed E-state index contributed by atoms with van der Waals surface area (Å²) in [6, 6.07) is 13.4. The lowest BCUT2D eigenvalue weighted by Crippen LogP contribution is -2.39. The fourth-order valence-corrected chi connectivity index (χ4v) is 2.28. The van der Waals surface area contributed by atoms with Crippen LogP contribution in [0.3, 0.4) is 0 Å². The van der Waals surface area contributed by atoms with Crippen LogP contribution in [0.2, 0.25) is 0 Å². The summed E-state index contributed by atoms with van der Waals surface area (Å²) < 4.78 is 5.61. The zero-order valence-corrected chi connectivity index (χ0v) is 12.5. The minimum atomic E-state index is -1.02. The molecule has 1 N–H and O–H groups in total. The Kier molecular flexibility index (Phi) is 5.36. The number of rotatable bonds is 7. The third-order valence-corrected chi connectivity index (χ3v) is 3.27. The lowest BCUT2D eigenvalue weighted by atomic mass is 10.1. The first kappa shape index (κ1) is 15.8. The number of ether oxygens (including phenoxy) is 1. The summed E-state index contributed by atoms with van der Waals surface area (Å²) in [4.78, 5) is 24.2. The molecule has 0 saturated heterocycles. The molecule has 1 amide bonds. The Morgan fingerprint density at radius 1 is 1.14 bits per heavy atom. The van der Waals surface area contributed by atoms with Crippen molar-refractivity contribution in [3.63, 3.8) is 0 Å². The van der Waals surface area contributed by atoms with Gasteiger partial charge in [0.1, 0.15) is 12.3 Å². The number of aliphatic carboxylic acids is 1. The summed E-state index contributed by atoms with van der Waals surface area (Å²) in [5, 5.41) is 10.8. The van der Waals surface area contributed by atoms with E-state index >= 15 is 0 Å². The van der Waals surface area contributed by atoms with Crippen molar-refractivity contribution in [2.75, 3.05) is 19.7 Å². The van der Waals surface area contributed by atoms with Crippen LogP contribution in [0.4, 0.5) is 0 Å². The van der Waals surface area contributed by atoms with Gasteiger partial charge in [0.2, 0.25) is 0 Å². The van der Waals surface area contributed by atoms with Gasteiger partial charge in [0, 0.05) is 11.9 Å². The van der Waals surface area contributed by atoms with Gasteiger partial charge in [0.25, 0.3) is 5.91 Å². The lowest BCUT2D eigenvalue weighted by Gasteiger charge is -2.20. The number of benzene rings is 2. The third kappa shape index (κ3) is 3.97. The van der Waals surface area contributed by atoms with Crippen molar-refractivity contribution in [1.29, 1.82) is 0 Å². The number of hydrogen-bond donors (Lipinski definition) is 1. The van der Waals surface area contributed by atoms with Gasteiger partial charge in [0.05, 0.1) is 0 Å². The molecule has 0 heterocycles. The molecule has 5 nitrogen and oxygen atoms in total. The van der Waals surface area contributed by atoms with Crippen molar-refractivity contribution >= 4 is 22.6 Å². The number of carbonyl (C=O) groups is 2. The Morgan fingerprint density at radius 2 is 1.86 bits per heavy atom. The third-order valence-electron chi connectivity index (χ3n) is 3.27. The molecule has 2 aromatic carbocycles. The van der Waals surface area contributed by atoms with Gasteiger partial charge in [-0.15, -0.1) is 0 Å². The number of fused-ring (bicyclic) bond motifs is 1. The summed E-state index contributed by atoms with van der Waals surface area (Å²) in [7, 11) is 0. The second-order valence-corrected chi connectivity index (χ2v) is 4.97. The topological polar surface area (TPSA) is 66.8 Å². The van der Waals surface area contributed by atoms with Crippen LogP contribution >= 0.6 is 0 Å². The molecule has 0 radical (unpaired) electrons. The predicted molar refractivity (Wildman–Crippen MR) is 83.9 cm³/mol. The van der Waals surface area contributed by atoms with Crippen LogP contribution in [0.25, 0.3) is 10.8 Å². The second-order valence-electron chi connectivity index (χ2n) is 4.97. The predicted octanol–water partition coefficient (Wildman–Crippen LogP) is 2.54. The second kappa shape index (κ2) is 7.45. The highest BCUT2D eigenvalue weighted by atomic mass is 16.5. The summed E-state index contributed by atoms with van der Waals surface area (Å²) >= 11 is 0. The van der Waals surface area contributed by atoms with E-state index in [2.05, 4.69) is 0 Å². The molecular weight excluding hydrogens is 282 g/mol. The first-order valence-electron chi connectivity index (χ1n) is 7.22. The van der Waals surface area contributed by atoms with E-state index < -0.39 is 5.97 Å². The molecule has 2 aromatic rings. The highest BCUT2D eigenvalue weighted by molar-refractivity contribution is 5.89. The van der Waals surface area contributed by atoms with Gasteiger partial charge in [-0.3, -0.25) is 9.59 Å². The molecule has 0 aliphatic heterocycles. The molecule has 116 valence electrons. The van der Waals surface area contributed by atoms with Crippen LogP contribution in [0.1, 0.15) is 13.3 Å². The van der Waals surface area contributed by atoms with Gasteiger partial charge >= 0.3 is 5.97 Å². The number of amides is 1. The molecule has 0 aliphatic carbocycles. The van der Waals surface area contributed by atoms with E-state index in [1.807, 2.05) is 43.3 Å². The number of nitrogens with zero attached hydrogens (tertiary/aromatic N) is 1. The fraction of sp³-hybridized carbons (Fsp3) is 0.294. The van der Waals surface area contributed by atoms with Gasteiger partial charge in [-0.2, -0.15) is 0 Å². The van der Waals surface area contributed by atoms with Crippen molar-refractivity contribution in [2.45, 2.75) is 13.3 Å². The lowest BCUT2D eigenvalue weighted by molar-refractivity contribution is -0.145. The van der Waals surface area contributed by atoms with E-state index in [0.29, 0.717) is 18.7 Å². The normalized spacial score (nSPS) is 10.4. The average Bonchev–Trinajstić information content (AvgIpc) is 2.51. The maximum absolute atomic E-state index is 12.1. The Balaban J connectivity index is 2.07. The van der Waals surface area contributed by atoms with Crippen molar-refractivity contribution in [2.24, 2.45) is 0 Å². The molecule has 0 spiro atoms. The van der Waals surface area contributed by atoms with E-state index in [1.165, 1.54) is 4.90 Å². The fourth-order valence-electron chi connectivity index (χ4n) is 2.28. The molecule has 0 fully saturated rings. The Morgan fingerprint density at radius 3 is 2.59 bits per heavy atom. The highest BCUT2D eigenvalue weighted by Gasteiger charge is 2.16. The van der Waals surface area contributed by atoms with E-state index in [-0.39, 0.29) is 19.1 Å². The minimum absolute atomic E-state index is 0.165. The molecule has 0 atom stereocenters. The smallest absolute Gasteiger partial charge is 0.323 e. The molecule has 5 heteroatoms. The van der Waals surface area contributed by atoms with Crippen LogP contribution in [0.15, 0.2) is 42.5 Å². The van der Waals surface area contributed by atoms with Crippen LogP contribution in [-0.4, -0.2) is 41.6 Å². The van der Waals surface area contributed by atoms with Gasteiger partial charge < -0.3 is 14.7 Å². The van der Waals surface area contributed by atoms with E-state index in [0.717, 1.165) is 10.8 Å². The Bertz CT molecular complexity index is 663. The SMILES string of the molecule is CCCN(CC(=O)O)C(=O)COc1cccc2ccccc12. The van der Waals surface area contributed by atoms with E-state index in [9.17, 15) is 9.59 Å². The first-order valence-corrected chi connectivity index (χ1v) is 7.22. The van der Waals surface area contributed by atoms with Crippen molar-refractivity contribution in [3.05, 3.63) is 42.5 Å². The average molecular weight is 301 g/mol.